The third-order valence-electron chi connectivity index (χ3n) is 8.76. The second-order valence-electron chi connectivity index (χ2n) is 11.6. The Bertz CT molecular complexity index is 1910. The summed E-state index contributed by atoms with van der Waals surface area (Å²) in [4.78, 5) is 42.4. The average molecular weight is 715 g/mol. The van der Waals surface area contributed by atoms with E-state index in [1.807, 2.05) is 18.4 Å². The standard InChI is InChI=1S/C34H35ClN2O9S2/c1-18-15-24(38)28(32(40)34(18)33(41)29-25(44-2)17-26(45-3)30(35)31(29)46-34)23(20-7-9-21(47-4)10-8-20)16-27(39)37-14-13-19-5-11-22(12-6-19)48(36,42)43/h5-12,17-18,23,40H,13-16H2,1-4H3,(H,37,39)(H2,36,42,43)/t18-,23?,34+/m1/s1. The molecule has 1 unspecified atom stereocenters. The monoisotopic (exact) mass is 714 g/mol. The van der Waals surface area contributed by atoms with Gasteiger partial charge in [-0.1, -0.05) is 42.8 Å². The predicted octanol–water partition coefficient (Wildman–Crippen LogP) is 4.99. The molecule has 1 heterocycles. The highest BCUT2D eigenvalue weighted by molar-refractivity contribution is 7.98. The van der Waals surface area contributed by atoms with Crippen molar-refractivity contribution in [3.8, 4) is 17.2 Å². The number of sulfonamides is 1. The fourth-order valence-corrected chi connectivity index (χ4v) is 7.40. The van der Waals surface area contributed by atoms with E-state index in [0.717, 1.165) is 10.5 Å². The Hall–Kier alpha value is -4.04. The number of aliphatic hydroxyl groups excluding tert-OH is 1. The van der Waals surface area contributed by atoms with Gasteiger partial charge < -0.3 is 24.6 Å². The molecule has 1 amide bonds. The summed E-state index contributed by atoms with van der Waals surface area (Å²) in [5, 5.41) is 20.1. The largest absolute Gasteiger partial charge is 0.507 e. The van der Waals surface area contributed by atoms with Crippen LogP contribution in [0.25, 0.3) is 0 Å². The van der Waals surface area contributed by atoms with E-state index in [4.69, 9.17) is 31.0 Å². The maximum absolute atomic E-state index is 14.3. The molecule has 0 radical (unpaired) electrons. The van der Waals surface area contributed by atoms with Gasteiger partial charge in [0.15, 0.2) is 17.3 Å². The second-order valence-corrected chi connectivity index (χ2v) is 14.4. The van der Waals surface area contributed by atoms with Crippen LogP contribution in [-0.2, 0) is 26.0 Å². The molecular formula is C34H35ClN2O9S2. The van der Waals surface area contributed by atoms with Crippen molar-refractivity contribution in [3.05, 3.63) is 87.6 Å². The van der Waals surface area contributed by atoms with Crippen LogP contribution in [0, 0.1) is 5.92 Å². The molecule has 14 heteroatoms. The molecule has 11 nitrogen and oxygen atoms in total. The molecule has 48 heavy (non-hydrogen) atoms. The molecule has 2 aliphatic rings. The molecule has 1 aliphatic heterocycles. The number of allylic oxidation sites excluding steroid dienone is 1. The van der Waals surface area contributed by atoms with Gasteiger partial charge in [-0.15, -0.1) is 11.8 Å². The second kappa shape index (κ2) is 13.8. The van der Waals surface area contributed by atoms with Crippen molar-refractivity contribution >= 4 is 50.9 Å². The summed E-state index contributed by atoms with van der Waals surface area (Å²) < 4.78 is 40.2. The molecule has 3 aromatic carbocycles. The number of aliphatic hydroxyl groups is 1. The minimum atomic E-state index is -3.83. The number of nitrogens with one attached hydrogen (secondary N) is 1. The van der Waals surface area contributed by atoms with Crippen LogP contribution in [0.1, 0.15) is 47.2 Å². The van der Waals surface area contributed by atoms with E-state index in [2.05, 4.69) is 5.32 Å². The Kier molecular flexibility index (Phi) is 10.2. The van der Waals surface area contributed by atoms with E-state index in [0.29, 0.717) is 12.0 Å². The molecule has 5 rings (SSSR count). The zero-order valence-electron chi connectivity index (χ0n) is 26.7. The number of halogens is 1. The van der Waals surface area contributed by atoms with Gasteiger partial charge in [0.2, 0.25) is 27.3 Å². The van der Waals surface area contributed by atoms with Gasteiger partial charge in [-0.3, -0.25) is 14.4 Å². The number of carbonyl (C=O) groups is 3. The Morgan fingerprint density at radius 2 is 1.77 bits per heavy atom. The van der Waals surface area contributed by atoms with Gasteiger partial charge in [0.25, 0.3) is 0 Å². The van der Waals surface area contributed by atoms with Crippen molar-refractivity contribution in [1.29, 1.82) is 0 Å². The Morgan fingerprint density at radius 3 is 2.35 bits per heavy atom. The Morgan fingerprint density at radius 1 is 1.12 bits per heavy atom. The average Bonchev–Trinajstić information content (AvgIpc) is 3.38. The molecule has 0 saturated carbocycles. The third kappa shape index (κ3) is 6.39. The zero-order valence-corrected chi connectivity index (χ0v) is 29.1. The summed E-state index contributed by atoms with van der Waals surface area (Å²) in [5.74, 6) is -3.45. The SMILES string of the molecule is COc1cc(OC)c2c(c1Cl)O[C@]1(C2=O)C(O)=C(C(CC(=O)NCCc2ccc(S(N)(=O)=O)cc2)c2ccc(SC)cc2)C(=O)C[C@H]1C. The lowest BCUT2D eigenvalue weighted by atomic mass is 9.69. The van der Waals surface area contributed by atoms with E-state index < -0.39 is 50.7 Å². The first-order valence-corrected chi connectivity index (χ1v) is 18.1. The molecule has 3 atom stereocenters. The van der Waals surface area contributed by atoms with Gasteiger partial charge in [-0.2, -0.15) is 0 Å². The van der Waals surface area contributed by atoms with Crippen LogP contribution in [-0.4, -0.2) is 63.6 Å². The fraction of sp³-hybridized carbons (Fsp3) is 0.324. The van der Waals surface area contributed by atoms with Crippen LogP contribution < -0.4 is 24.7 Å². The fourth-order valence-electron chi connectivity index (χ4n) is 6.21. The summed E-state index contributed by atoms with van der Waals surface area (Å²) in [6.07, 6.45) is 1.94. The summed E-state index contributed by atoms with van der Waals surface area (Å²) in [7, 11) is -1.05. The number of carbonyl (C=O) groups excluding carboxylic acids is 3. The van der Waals surface area contributed by atoms with E-state index in [-0.39, 0.29) is 57.7 Å². The number of ether oxygens (including phenoxy) is 3. The summed E-state index contributed by atoms with van der Waals surface area (Å²) in [6.45, 7) is 1.85. The van der Waals surface area contributed by atoms with Gasteiger partial charge in [0.05, 0.1) is 19.1 Å². The summed E-state index contributed by atoms with van der Waals surface area (Å²) in [6, 6.07) is 14.7. The van der Waals surface area contributed by atoms with E-state index in [1.165, 1.54) is 44.2 Å². The molecular weight excluding hydrogens is 680 g/mol. The molecule has 0 saturated heterocycles. The van der Waals surface area contributed by atoms with Crippen molar-refractivity contribution < 1.29 is 42.1 Å². The van der Waals surface area contributed by atoms with Gasteiger partial charge in [-0.05, 0) is 48.1 Å². The Labute approximate surface area is 287 Å². The highest BCUT2D eigenvalue weighted by atomic mass is 35.5. The number of Topliss-reactive ketones (excluding diaryl/α,β-unsaturated/α-hetero) is 2. The van der Waals surface area contributed by atoms with Crippen LogP contribution in [0.3, 0.4) is 0 Å². The van der Waals surface area contributed by atoms with E-state index >= 15 is 0 Å². The smallest absolute Gasteiger partial charge is 0.238 e. The van der Waals surface area contributed by atoms with Crippen LogP contribution in [0.2, 0.25) is 5.02 Å². The number of thioether (sulfide) groups is 1. The molecule has 0 aromatic heterocycles. The highest BCUT2D eigenvalue weighted by Crippen LogP contribution is 2.55. The minimum absolute atomic E-state index is 0.0137. The first kappa shape index (κ1) is 35.3. The van der Waals surface area contributed by atoms with Gasteiger partial charge in [-0.25, -0.2) is 13.6 Å². The lowest BCUT2D eigenvalue weighted by Gasteiger charge is -2.38. The number of rotatable bonds is 11. The van der Waals surface area contributed by atoms with Crippen molar-refractivity contribution in [2.45, 2.75) is 47.5 Å². The maximum atomic E-state index is 14.3. The number of hydrogen-bond acceptors (Lipinski definition) is 10. The third-order valence-corrected chi connectivity index (χ3v) is 10.8. The van der Waals surface area contributed by atoms with Crippen LogP contribution >= 0.6 is 23.4 Å². The van der Waals surface area contributed by atoms with Crippen LogP contribution in [0.15, 0.2) is 75.7 Å². The Balaban J connectivity index is 1.50. The molecule has 0 fully saturated rings. The zero-order chi connectivity index (χ0) is 35.0. The number of nitrogens with two attached hydrogens (primary N) is 1. The molecule has 4 N–H and O–H groups in total. The first-order valence-electron chi connectivity index (χ1n) is 14.9. The number of methoxy groups -OCH3 is 2. The first-order chi connectivity index (χ1) is 22.8. The molecule has 3 aromatic rings. The minimum Gasteiger partial charge on any atom is -0.507 e. The van der Waals surface area contributed by atoms with Gasteiger partial charge >= 0.3 is 0 Å². The van der Waals surface area contributed by atoms with E-state index in [1.54, 1.807) is 31.2 Å². The molecule has 254 valence electrons. The number of benzene rings is 3. The van der Waals surface area contributed by atoms with Gasteiger partial charge in [0, 0.05) is 47.8 Å². The van der Waals surface area contributed by atoms with Crippen LogP contribution in [0.5, 0.6) is 17.2 Å². The number of primary sulfonamides is 1. The number of hydrogen-bond donors (Lipinski definition) is 3. The van der Waals surface area contributed by atoms with Crippen molar-refractivity contribution in [2.24, 2.45) is 11.1 Å². The quantitative estimate of drug-likeness (QED) is 0.230. The van der Waals surface area contributed by atoms with Crippen molar-refractivity contribution in [2.75, 3.05) is 27.0 Å². The normalized spacial score (nSPS) is 19.6. The van der Waals surface area contributed by atoms with E-state index in [9.17, 15) is 27.9 Å². The predicted molar refractivity (Wildman–Crippen MR) is 181 cm³/mol. The highest BCUT2D eigenvalue weighted by Gasteiger charge is 2.61. The molecule has 0 bridgehead atoms. The van der Waals surface area contributed by atoms with Gasteiger partial charge in [0.1, 0.15) is 22.1 Å². The topological polar surface area (TPSA) is 171 Å². The summed E-state index contributed by atoms with van der Waals surface area (Å²) >= 11 is 8.10. The molecule has 1 aliphatic carbocycles. The number of amides is 1. The molecule has 1 spiro atoms. The van der Waals surface area contributed by atoms with Crippen LogP contribution in [0.4, 0.5) is 0 Å². The van der Waals surface area contributed by atoms with Crippen molar-refractivity contribution in [3.63, 3.8) is 0 Å². The lowest BCUT2D eigenvalue weighted by Crippen LogP contribution is -2.53. The van der Waals surface area contributed by atoms with Crippen molar-refractivity contribution in [1.82, 2.24) is 5.32 Å². The number of ketones is 2. The summed E-state index contributed by atoms with van der Waals surface area (Å²) in [5.41, 5.74) is -0.714. The lowest BCUT2D eigenvalue weighted by molar-refractivity contribution is -0.121. The number of fused-ring (bicyclic) bond motifs is 1. The maximum Gasteiger partial charge on any atom is 0.238 e.